The summed E-state index contributed by atoms with van der Waals surface area (Å²) in [5.41, 5.74) is 8.53. The van der Waals surface area contributed by atoms with Crippen molar-refractivity contribution >= 4 is 27.2 Å². The van der Waals surface area contributed by atoms with Crippen molar-refractivity contribution in [2.45, 2.75) is 18.7 Å². The minimum absolute atomic E-state index is 0.0811. The summed E-state index contributed by atoms with van der Waals surface area (Å²) >= 11 is 0. The molecule has 0 spiro atoms. The van der Waals surface area contributed by atoms with Crippen LogP contribution in [0.1, 0.15) is 11.1 Å². The van der Waals surface area contributed by atoms with E-state index in [-0.39, 0.29) is 10.6 Å². The van der Waals surface area contributed by atoms with E-state index in [0.29, 0.717) is 16.9 Å². The monoisotopic (exact) mass is 305 g/mol. The number of benzene rings is 2. The third kappa shape index (κ3) is 3.65. The highest BCUT2D eigenvalue weighted by molar-refractivity contribution is 7.86. The van der Waals surface area contributed by atoms with Crippen LogP contribution in [0.15, 0.2) is 51.5 Å². The van der Waals surface area contributed by atoms with Gasteiger partial charge >= 0.3 is 0 Å². The highest BCUT2D eigenvalue weighted by Gasteiger charge is 2.15. The van der Waals surface area contributed by atoms with Gasteiger partial charge in [-0.25, -0.2) is 0 Å². The van der Waals surface area contributed by atoms with Crippen LogP contribution in [0, 0.1) is 13.8 Å². The lowest BCUT2D eigenvalue weighted by Gasteiger charge is -2.03. The second kappa shape index (κ2) is 5.63. The molecule has 3 N–H and O–H groups in total. The van der Waals surface area contributed by atoms with Crippen LogP contribution in [0.3, 0.4) is 0 Å². The number of nitrogens with zero attached hydrogens (tertiary/aromatic N) is 2. The van der Waals surface area contributed by atoms with E-state index in [1.807, 2.05) is 6.92 Å². The van der Waals surface area contributed by atoms with Gasteiger partial charge in [-0.15, -0.1) is 5.11 Å². The second-order valence-corrected chi connectivity index (χ2v) is 6.08. The lowest BCUT2D eigenvalue weighted by molar-refractivity contribution is 0.483. The summed E-state index contributed by atoms with van der Waals surface area (Å²) < 4.78 is 31.9. The molecule has 0 heterocycles. The number of nitrogen functional groups attached to an aromatic ring is 1. The molecule has 0 amide bonds. The zero-order chi connectivity index (χ0) is 15.6. The second-order valence-electron chi connectivity index (χ2n) is 4.69. The predicted octanol–water partition coefficient (Wildman–Crippen LogP) is 3.55. The van der Waals surface area contributed by atoms with Crippen LogP contribution in [0.2, 0.25) is 0 Å². The zero-order valence-corrected chi connectivity index (χ0v) is 12.4. The molecule has 0 radical (unpaired) electrons. The molecule has 2 aromatic rings. The molecule has 0 aliphatic carbocycles. The molecule has 0 saturated heterocycles. The zero-order valence-electron chi connectivity index (χ0n) is 11.6. The molecule has 0 unspecified atom stereocenters. The highest BCUT2D eigenvalue weighted by atomic mass is 32.2. The third-order valence-electron chi connectivity index (χ3n) is 2.92. The SMILES string of the molecule is Cc1ccc(/N=N/c2ccc(N)c(C)c2)c(S(=O)(=O)O)c1. The number of hydrogen-bond donors (Lipinski definition) is 2. The molecular weight excluding hydrogens is 290 g/mol. The van der Waals surface area contributed by atoms with E-state index in [9.17, 15) is 13.0 Å². The number of anilines is 1. The Hall–Kier alpha value is -2.25. The maximum atomic E-state index is 11.4. The van der Waals surface area contributed by atoms with Crippen molar-refractivity contribution in [1.82, 2.24) is 0 Å². The van der Waals surface area contributed by atoms with Crippen LogP contribution in [0.25, 0.3) is 0 Å². The summed E-state index contributed by atoms with van der Waals surface area (Å²) in [5.74, 6) is 0. The van der Waals surface area contributed by atoms with Crippen LogP contribution in [-0.4, -0.2) is 13.0 Å². The fraction of sp³-hybridized carbons (Fsp3) is 0.143. The summed E-state index contributed by atoms with van der Waals surface area (Å²) in [5, 5.41) is 7.88. The normalized spacial score (nSPS) is 12.0. The quantitative estimate of drug-likeness (QED) is 0.514. The Balaban J connectivity index is 2.44. The van der Waals surface area contributed by atoms with E-state index in [2.05, 4.69) is 10.2 Å². The molecule has 0 fully saturated rings. The molecule has 6 nitrogen and oxygen atoms in total. The van der Waals surface area contributed by atoms with E-state index in [4.69, 9.17) is 5.73 Å². The van der Waals surface area contributed by atoms with Gasteiger partial charge in [0.15, 0.2) is 0 Å². The molecule has 110 valence electrons. The molecule has 0 bridgehead atoms. The number of azo groups is 1. The molecule has 0 atom stereocenters. The van der Waals surface area contributed by atoms with E-state index in [1.165, 1.54) is 12.1 Å². The first kappa shape index (κ1) is 15.1. The molecule has 21 heavy (non-hydrogen) atoms. The Bertz CT molecular complexity index is 814. The summed E-state index contributed by atoms with van der Waals surface area (Å²) in [6.45, 7) is 3.56. The van der Waals surface area contributed by atoms with Crippen molar-refractivity contribution in [2.24, 2.45) is 10.2 Å². The minimum Gasteiger partial charge on any atom is -0.399 e. The van der Waals surface area contributed by atoms with Crippen LogP contribution in [0.4, 0.5) is 17.1 Å². The lowest BCUT2D eigenvalue weighted by Crippen LogP contribution is -1.98. The van der Waals surface area contributed by atoms with Crippen molar-refractivity contribution in [2.75, 3.05) is 5.73 Å². The first-order valence-electron chi connectivity index (χ1n) is 6.13. The van der Waals surface area contributed by atoms with Gasteiger partial charge in [0.2, 0.25) is 0 Å². The fourth-order valence-corrected chi connectivity index (χ4v) is 2.45. The first-order chi connectivity index (χ1) is 9.77. The van der Waals surface area contributed by atoms with Crippen molar-refractivity contribution < 1.29 is 13.0 Å². The van der Waals surface area contributed by atoms with Gasteiger partial charge in [-0.2, -0.15) is 13.5 Å². The van der Waals surface area contributed by atoms with Crippen molar-refractivity contribution in [3.63, 3.8) is 0 Å². The Morgan fingerprint density at radius 3 is 2.38 bits per heavy atom. The fourth-order valence-electron chi connectivity index (χ4n) is 1.74. The van der Waals surface area contributed by atoms with Gasteiger partial charge in [0.25, 0.3) is 10.1 Å². The molecular formula is C14H15N3O3S. The van der Waals surface area contributed by atoms with Gasteiger partial charge in [0, 0.05) is 5.69 Å². The number of hydrogen-bond acceptors (Lipinski definition) is 5. The number of aryl methyl sites for hydroxylation is 2. The van der Waals surface area contributed by atoms with Crippen LogP contribution in [-0.2, 0) is 10.1 Å². The smallest absolute Gasteiger partial charge is 0.296 e. The Labute approximate surface area is 123 Å². The largest absolute Gasteiger partial charge is 0.399 e. The third-order valence-corrected chi connectivity index (χ3v) is 3.80. The Kier molecular flexibility index (Phi) is 4.06. The minimum atomic E-state index is -4.35. The van der Waals surface area contributed by atoms with Gasteiger partial charge in [-0.05, 0) is 55.3 Å². The Morgan fingerprint density at radius 1 is 1.05 bits per heavy atom. The number of nitrogens with two attached hydrogens (primary N) is 1. The summed E-state index contributed by atoms with van der Waals surface area (Å²) in [6, 6.07) is 9.64. The standard InChI is InChI=1S/C14H15N3O3S/c1-9-3-6-13(14(7-9)21(18,19)20)17-16-11-4-5-12(15)10(2)8-11/h3-8H,15H2,1-2H3,(H,18,19,20)/b17-16+. The number of rotatable bonds is 3. The molecule has 7 heteroatoms. The molecule has 2 rings (SSSR count). The molecule has 0 aliphatic rings. The van der Waals surface area contributed by atoms with Gasteiger partial charge in [0.1, 0.15) is 10.6 Å². The summed E-state index contributed by atoms with van der Waals surface area (Å²) in [6.07, 6.45) is 0. The van der Waals surface area contributed by atoms with E-state index in [0.717, 1.165) is 5.56 Å². The predicted molar refractivity (Wildman–Crippen MR) is 80.8 cm³/mol. The highest BCUT2D eigenvalue weighted by Crippen LogP contribution is 2.28. The summed E-state index contributed by atoms with van der Waals surface area (Å²) in [7, 11) is -4.35. The summed E-state index contributed by atoms with van der Waals surface area (Å²) in [4.78, 5) is -0.265. The van der Waals surface area contributed by atoms with Crippen LogP contribution >= 0.6 is 0 Å². The van der Waals surface area contributed by atoms with Gasteiger partial charge in [0.05, 0.1) is 5.69 Å². The van der Waals surface area contributed by atoms with Crippen LogP contribution < -0.4 is 5.73 Å². The van der Waals surface area contributed by atoms with Gasteiger partial charge in [-0.1, -0.05) is 6.07 Å². The maximum absolute atomic E-state index is 11.4. The molecule has 2 aromatic carbocycles. The van der Waals surface area contributed by atoms with Gasteiger partial charge < -0.3 is 5.73 Å². The molecule has 0 aliphatic heterocycles. The molecule has 0 saturated carbocycles. The average Bonchev–Trinajstić information content (AvgIpc) is 2.40. The topological polar surface area (TPSA) is 105 Å². The maximum Gasteiger partial charge on any atom is 0.296 e. The van der Waals surface area contributed by atoms with Crippen molar-refractivity contribution in [3.8, 4) is 0 Å². The van der Waals surface area contributed by atoms with E-state index in [1.54, 1.807) is 31.2 Å². The van der Waals surface area contributed by atoms with Gasteiger partial charge in [-0.3, -0.25) is 4.55 Å². The van der Waals surface area contributed by atoms with E-state index >= 15 is 0 Å². The lowest BCUT2D eigenvalue weighted by atomic mass is 10.2. The van der Waals surface area contributed by atoms with Crippen molar-refractivity contribution in [3.05, 3.63) is 47.5 Å². The average molecular weight is 305 g/mol. The van der Waals surface area contributed by atoms with E-state index < -0.39 is 10.1 Å². The molecule has 0 aromatic heterocycles. The van der Waals surface area contributed by atoms with Crippen molar-refractivity contribution in [1.29, 1.82) is 0 Å². The Morgan fingerprint density at radius 2 is 1.76 bits per heavy atom. The van der Waals surface area contributed by atoms with Crippen LogP contribution in [0.5, 0.6) is 0 Å². The first-order valence-corrected chi connectivity index (χ1v) is 7.57.